The number of fused-ring (bicyclic) bond motifs is 6. The summed E-state index contributed by atoms with van der Waals surface area (Å²) in [7, 11) is 0. The smallest absolute Gasteiger partial charge is 0.161 e. The third-order valence-corrected chi connectivity index (χ3v) is 10.8. The van der Waals surface area contributed by atoms with E-state index in [2.05, 4.69) is 165 Å². The van der Waals surface area contributed by atoms with Crippen molar-refractivity contribution in [3.63, 3.8) is 0 Å². The molecular formula is C48H34N6. The monoisotopic (exact) mass is 694 g/mol. The average molecular weight is 695 g/mol. The fraction of sp³-hybridized carbons (Fsp3) is 0.0417. The number of nitrogens with one attached hydrogen (secondary N) is 2. The van der Waals surface area contributed by atoms with Crippen LogP contribution in [0.4, 0.5) is 0 Å². The largest absolute Gasteiger partial charge is 0.311 e. The summed E-state index contributed by atoms with van der Waals surface area (Å²) < 4.78 is 4.73. The van der Waals surface area contributed by atoms with E-state index in [0.717, 1.165) is 33.9 Å². The van der Waals surface area contributed by atoms with Gasteiger partial charge in [-0.1, -0.05) is 127 Å². The molecule has 256 valence electrons. The van der Waals surface area contributed by atoms with Crippen LogP contribution in [0, 0.1) is 0 Å². The second kappa shape index (κ2) is 12.4. The fourth-order valence-electron chi connectivity index (χ4n) is 8.19. The minimum absolute atomic E-state index is 0.132. The van der Waals surface area contributed by atoms with Crippen LogP contribution < -0.4 is 10.6 Å². The molecule has 0 amide bonds. The molecule has 0 atom stereocenters. The van der Waals surface area contributed by atoms with Gasteiger partial charge in [0.15, 0.2) is 5.82 Å². The second-order valence-corrected chi connectivity index (χ2v) is 13.9. The standard InChI is InChI=1S/C48H34N6/c1-4-14-31(15-5-1)40-30-41(32-16-6-2-7-17-32)50-46(49-40)47-51-48(52-47)54-43-23-13-11-21-37(43)39-29-34(25-27-45(39)54)33-24-26-44-38(28-33)36-20-10-12-22-42(36)53(44)35-18-8-3-9-19-35/h1-30,47-48,51-52H. The highest BCUT2D eigenvalue weighted by Gasteiger charge is 2.34. The Balaban J connectivity index is 0.967. The minimum Gasteiger partial charge on any atom is -0.311 e. The van der Waals surface area contributed by atoms with Crippen molar-refractivity contribution in [2.45, 2.75) is 12.5 Å². The molecule has 1 aliphatic heterocycles. The van der Waals surface area contributed by atoms with Crippen LogP contribution in [0.3, 0.4) is 0 Å². The number of rotatable bonds is 6. The Morgan fingerprint density at radius 2 is 0.852 bits per heavy atom. The number of hydrogen-bond acceptors (Lipinski definition) is 4. The lowest BCUT2D eigenvalue weighted by molar-refractivity contribution is 0.136. The molecule has 11 rings (SSSR count). The molecule has 0 bridgehead atoms. The highest BCUT2D eigenvalue weighted by molar-refractivity contribution is 6.12. The lowest BCUT2D eigenvalue weighted by Gasteiger charge is -2.39. The lowest BCUT2D eigenvalue weighted by Crippen LogP contribution is -2.57. The quantitative estimate of drug-likeness (QED) is 0.182. The van der Waals surface area contributed by atoms with Gasteiger partial charge in [-0.3, -0.25) is 10.6 Å². The van der Waals surface area contributed by atoms with Crippen LogP contribution in [0.1, 0.15) is 18.3 Å². The van der Waals surface area contributed by atoms with Crippen molar-refractivity contribution in [2.24, 2.45) is 0 Å². The van der Waals surface area contributed by atoms with Gasteiger partial charge in [0.25, 0.3) is 0 Å². The molecule has 4 heterocycles. The van der Waals surface area contributed by atoms with Crippen molar-refractivity contribution < 1.29 is 0 Å². The highest BCUT2D eigenvalue weighted by atomic mass is 15.5. The Bertz CT molecular complexity index is 2940. The molecule has 1 saturated heterocycles. The molecule has 7 aromatic carbocycles. The summed E-state index contributed by atoms with van der Waals surface area (Å²) in [6, 6.07) is 64.4. The Morgan fingerprint density at radius 1 is 0.389 bits per heavy atom. The van der Waals surface area contributed by atoms with E-state index in [0.29, 0.717) is 0 Å². The Morgan fingerprint density at radius 3 is 1.48 bits per heavy atom. The molecule has 3 aromatic heterocycles. The summed E-state index contributed by atoms with van der Waals surface area (Å²) in [6.07, 6.45) is -0.339. The van der Waals surface area contributed by atoms with Gasteiger partial charge >= 0.3 is 0 Å². The maximum Gasteiger partial charge on any atom is 0.161 e. The van der Waals surface area contributed by atoms with Gasteiger partial charge in [0, 0.05) is 38.4 Å². The zero-order valence-corrected chi connectivity index (χ0v) is 29.3. The van der Waals surface area contributed by atoms with Gasteiger partial charge < -0.3 is 9.13 Å². The first kappa shape index (κ1) is 30.7. The van der Waals surface area contributed by atoms with Crippen LogP contribution in [0.2, 0.25) is 0 Å². The maximum absolute atomic E-state index is 5.05. The molecule has 0 unspecified atom stereocenters. The van der Waals surface area contributed by atoms with Crippen LogP contribution in [-0.2, 0) is 0 Å². The van der Waals surface area contributed by atoms with E-state index in [1.165, 1.54) is 54.9 Å². The van der Waals surface area contributed by atoms with Crippen LogP contribution in [-0.4, -0.2) is 19.1 Å². The summed E-state index contributed by atoms with van der Waals surface area (Å²) in [5.74, 6) is 0.721. The molecule has 2 N–H and O–H groups in total. The zero-order valence-electron chi connectivity index (χ0n) is 29.3. The van der Waals surface area contributed by atoms with Crippen LogP contribution >= 0.6 is 0 Å². The number of para-hydroxylation sites is 3. The summed E-state index contributed by atoms with van der Waals surface area (Å²) in [4.78, 5) is 10.1. The first-order valence-electron chi connectivity index (χ1n) is 18.4. The molecule has 0 radical (unpaired) electrons. The van der Waals surface area contributed by atoms with Crippen LogP contribution in [0.25, 0.3) is 82.9 Å². The molecule has 0 aliphatic carbocycles. The molecule has 6 heteroatoms. The van der Waals surface area contributed by atoms with Gasteiger partial charge in [-0.2, -0.15) is 0 Å². The van der Waals surface area contributed by atoms with Crippen molar-refractivity contribution in [2.75, 3.05) is 0 Å². The van der Waals surface area contributed by atoms with E-state index in [1.54, 1.807) is 0 Å². The summed E-state index contributed by atoms with van der Waals surface area (Å²) in [5, 5.41) is 12.5. The van der Waals surface area contributed by atoms with Gasteiger partial charge in [0.1, 0.15) is 12.5 Å². The highest BCUT2D eigenvalue weighted by Crippen LogP contribution is 2.39. The van der Waals surface area contributed by atoms with Gasteiger partial charge in [0.05, 0.1) is 33.5 Å². The molecular weight excluding hydrogens is 661 g/mol. The molecule has 54 heavy (non-hydrogen) atoms. The van der Waals surface area contributed by atoms with E-state index in [4.69, 9.17) is 9.97 Å². The zero-order chi connectivity index (χ0) is 35.6. The van der Waals surface area contributed by atoms with E-state index < -0.39 is 0 Å². The lowest BCUT2D eigenvalue weighted by atomic mass is 10.0. The average Bonchev–Trinajstić information content (AvgIpc) is 3.73. The van der Waals surface area contributed by atoms with E-state index in [9.17, 15) is 0 Å². The van der Waals surface area contributed by atoms with Crippen molar-refractivity contribution in [1.82, 2.24) is 29.7 Å². The molecule has 0 spiro atoms. The van der Waals surface area contributed by atoms with Gasteiger partial charge in [-0.25, -0.2) is 9.97 Å². The second-order valence-electron chi connectivity index (χ2n) is 13.9. The van der Waals surface area contributed by atoms with Gasteiger partial charge in [0.2, 0.25) is 0 Å². The minimum atomic E-state index is -0.207. The Kier molecular flexibility index (Phi) is 7.05. The molecule has 1 aliphatic rings. The normalized spacial score (nSPS) is 15.6. The third kappa shape index (κ3) is 4.96. The maximum atomic E-state index is 5.05. The predicted molar refractivity (Wildman–Crippen MR) is 220 cm³/mol. The summed E-state index contributed by atoms with van der Waals surface area (Å²) >= 11 is 0. The van der Waals surface area contributed by atoms with E-state index in [1.807, 2.05) is 36.4 Å². The van der Waals surface area contributed by atoms with Crippen LogP contribution in [0.15, 0.2) is 182 Å². The van der Waals surface area contributed by atoms with Crippen LogP contribution in [0.5, 0.6) is 0 Å². The first-order valence-corrected chi connectivity index (χ1v) is 18.4. The van der Waals surface area contributed by atoms with Gasteiger partial charge in [-0.15, -0.1) is 0 Å². The number of hydrogen-bond donors (Lipinski definition) is 2. The SMILES string of the molecule is c1ccc(-c2cc(-c3ccccc3)nc(C3NC(n4c5ccccc5c5cc(-c6ccc7c(c6)c6ccccc6n7-c6ccccc6)ccc54)N3)n2)cc1. The predicted octanol–water partition coefficient (Wildman–Crippen LogP) is 11.0. The van der Waals surface area contributed by atoms with Crippen molar-refractivity contribution in [3.8, 4) is 39.3 Å². The number of benzene rings is 7. The fourth-order valence-corrected chi connectivity index (χ4v) is 8.19. The molecule has 1 fully saturated rings. The topological polar surface area (TPSA) is 59.7 Å². The van der Waals surface area contributed by atoms with Crippen molar-refractivity contribution in [1.29, 1.82) is 0 Å². The van der Waals surface area contributed by atoms with Gasteiger partial charge in [-0.05, 0) is 65.7 Å². The Hall–Kier alpha value is -6.86. The number of nitrogens with zero attached hydrogens (tertiary/aromatic N) is 4. The van der Waals surface area contributed by atoms with E-state index in [-0.39, 0.29) is 12.5 Å². The Labute approximate surface area is 312 Å². The third-order valence-electron chi connectivity index (χ3n) is 10.8. The van der Waals surface area contributed by atoms with E-state index >= 15 is 0 Å². The van der Waals surface area contributed by atoms with Crippen molar-refractivity contribution in [3.05, 3.63) is 188 Å². The molecule has 10 aromatic rings. The summed E-state index contributed by atoms with van der Waals surface area (Å²) in [5.41, 5.74) is 12.2. The first-order chi connectivity index (χ1) is 26.8. The van der Waals surface area contributed by atoms with Crippen molar-refractivity contribution >= 4 is 43.6 Å². The number of aromatic nitrogens is 4. The summed E-state index contributed by atoms with van der Waals surface area (Å²) in [6.45, 7) is 0. The molecule has 0 saturated carbocycles. The molecule has 6 nitrogen and oxygen atoms in total.